The molecule has 56 heavy (non-hydrogen) atoms. The van der Waals surface area contributed by atoms with Crippen molar-refractivity contribution in [3.05, 3.63) is 72.8 Å². The molecule has 308 valence electrons. The number of benzene rings is 4. The van der Waals surface area contributed by atoms with Gasteiger partial charge in [0.25, 0.3) is 0 Å². The maximum Gasteiger partial charge on any atom is 0.241 e. The second-order valence-electron chi connectivity index (χ2n) is 15.8. The second-order valence-corrected chi connectivity index (χ2v) is 19.3. The van der Waals surface area contributed by atoms with Gasteiger partial charge in [0.15, 0.2) is 0 Å². The minimum atomic E-state index is -3.73. The van der Waals surface area contributed by atoms with Crippen LogP contribution >= 0.6 is 0 Å². The maximum atomic E-state index is 13.6. The Bertz CT molecular complexity index is 1980. The zero-order valence-electron chi connectivity index (χ0n) is 34.7. The fourth-order valence-corrected chi connectivity index (χ4v) is 10.2. The number of sulfonamides is 2. The van der Waals surface area contributed by atoms with Gasteiger partial charge in [-0.15, -0.1) is 0 Å². The highest BCUT2D eigenvalue weighted by molar-refractivity contribution is 7.90. The molecule has 0 aromatic heterocycles. The van der Waals surface area contributed by atoms with Crippen LogP contribution in [-0.2, 0) is 20.0 Å². The van der Waals surface area contributed by atoms with Gasteiger partial charge in [0.05, 0.1) is 9.79 Å². The highest BCUT2D eigenvalue weighted by Gasteiger charge is 2.23. The minimum absolute atomic E-state index is 0.255. The Morgan fingerprint density at radius 2 is 0.893 bits per heavy atom. The van der Waals surface area contributed by atoms with E-state index in [1.54, 1.807) is 12.1 Å². The van der Waals surface area contributed by atoms with E-state index >= 15 is 0 Å². The summed E-state index contributed by atoms with van der Waals surface area (Å²) in [6.45, 7) is 11.5. The van der Waals surface area contributed by atoms with Crippen molar-refractivity contribution in [3.8, 4) is 0 Å². The number of fused-ring (bicyclic) bond motifs is 2. The lowest BCUT2D eigenvalue weighted by Crippen LogP contribution is -2.47. The summed E-state index contributed by atoms with van der Waals surface area (Å²) in [5, 5.41) is 3.26. The lowest BCUT2D eigenvalue weighted by Gasteiger charge is -2.35. The lowest BCUT2D eigenvalue weighted by atomic mass is 10.1. The molecule has 5 rings (SSSR count). The van der Waals surface area contributed by atoms with E-state index < -0.39 is 20.0 Å². The Balaban J connectivity index is 1.18. The summed E-state index contributed by atoms with van der Waals surface area (Å²) in [4.78, 5) is 14.1. The molecule has 1 aliphatic rings. The molecule has 12 nitrogen and oxygen atoms in total. The van der Waals surface area contributed by atoms with Crippen molar-refractivity contribution in [2.75, 3.05) is 118 Å². The number of nitrogens with zero attached hydrogens (tertiary/aromatic N) is 6. The van der Waals surface area contributed by atoms with Gasteiger partial charge >= 0.3 is 0 Å². The second kappa shape index (κ2) is 19.4. The number of hydrogen-bond acceptors (Lipinski definition) is 10. The largest absolute Gasteiger partial charge is 0.377 e. The molecular formula is C42H64N8O4S2. The SMILES string of the molecule is C[C@@H]1CCN(C)CCN(CCNS(=O)(=O)c2cccc3c(N(C)C)cccc23)[C@@H](C)CCN(C)CCN1CCNS(=O)(=O)c1cccc2c(N(C)C)cccc12. The molecule has 0 radical (unpaired) electrons. The van der Waals surface area contributed by atoms with E-state index in [1.807, 2.05) is 98.7 Å². The summed E-state index contributed by atoms with van der Waals surface area (Å²) in [6, 6.07) is 23.0. The average molecular weight is 809 g/mol. The van der Waals surface area contributed by atoms with Crippen molar-refractivity contribution in [1.82, 2.24) is 29.0 Å². The van der Waals surface area contributed by atoms with Gasteiger partial charge in [-0.25, -0.2) is 26.3 Å². The van der Waals surface area contributed by atoms with Crippen LogP contribution in [0, 0.1) is 0 Å². The average Bonchev–Trinajstić information content (AvgIpc) is 3.16. The molecule has 0 unspecified atom stereocenters. The zero-order chi connectivity index (χ0) is 40.6. The third-order valence-electron chi connectivity index (χ3n) is 11.3. The van der Waals surface area contributed by atoms with Crippen LogP contribution < -0.4 is 19.2 Å². The summed E-state index contributed by atoms with van der Waals surface area (Å²) in [7, 11) is 4.69. The Hall–Kier alpha value is -3.34. The van der Waals surface area contributed by atoms with Crippen LogP contribution in [0.5, 0.6) is 0 Å². The number of anilines is 2. The summed E-state index contributed by atoms with van der Waals surface area (Å²) < 4.78 is 60.4. The molecular weight excluding hydrogens is 745 g/mol. The monoisotopic (exact) mass is 808 g/mol. The van der Waals surface area contributed by atoms with E-state index in [0.29, 0.717) is 36.0 Å². The molecule has 14 heteroatoms. The summed E-state index contributed by atoms with van der Waals surface area (Å²) >= 11 is 0. The Kier molecular flexibility index (Phi) is 15.2. The fourth-order valence-electron chi connectivity index (χ4n) is 7.69. The van der Waals surface area contributed by atoms with Gasteiger partial charge in [-0.2, -0.15) is 0 Å². The van der Waals surface area contributed by atoms with Gasteiger partial charge < -0.3 is 19.6 Å². The van der Waals surface area contributed by atoms with Gasteiger partial charge in [-0.1, -0.05) is 48.5 Å². The Morgan fingerprint density at radius 1 is 0.536 bits per heavy atom. The van der Waals surface area contributed by atoms with E-state index in [1.165, 1.54) is 0 Å². The normalized spacial score (nSPS) is 19.6. The number of hydrogen-bond donors (Lipinski definition) is 2. The van der Waals surface area contributed by atoms with E-state index in [0.717, 1.165) is 85.0 Å². The Morgan fingerprint density at radius 3 is 1.27 bits per heavy atom. The van der Waals surface area contributed by atoms with Crippen LogP contribution in [0.15, 0.2) is 82.6 Å². The van der Waals surface area contributed by atoms with Crippen LogP contribution in [-0.4, -0.2) is 156 Å². The third-order valence-corrected chi connectivity index (χ3v) is 14.3. The van der Waals surface area contributed by atoms with Crippen molar-refractivity contribution in [2.45, 2.75) is 48.6 Å². The number of nitrogens with one attached hydrogen (secondary N) is 2. The van der Waals surface area contributed by atoms with Gasteiger partial charge in [-0.05, 0) is 78.1 Å². The summed E-state index contributed by atoms with van der Waals surface area (Å²) in [5.41, 5.74) is 1.96. The van der Waals surface area contributed by atoms with Crippen LogP contribution in [0.4, 0.5) is 11.4 Å². The van der Waals surface area contributed by atoms with Crippen LogP contribution in [0.1, 0.15) is 26.7 Å². The fraction of sp³-hybridized carbons (Fsp3) is 0.524. The van der Waals surface area contributed by atoms with E-state index in [2.05, 4.69) is 57.0 Å². The van der Waals surface area contributed by atoms with Crippen LogP contribution in [0.25, 0.3) is 21.5 Å². The summed E-state index contributed by atoms with van der Waals surface area (Å²) in [6.07, 6.45) is 1.89. The standard InChI is InChI=1S/C42H64N8O4S2/c1-33-21-25-47(7)30-32-50(28-24-44-56(53,54)42-20-12-14-36-38(42)16-10-18-40(36)46(5)6)34(2)22-26-48(8)29-31-49(33)27-23-43-55(51,52)41-19-11-13-35-37(41)15-9-17-39(35)45(3)4/h9-20,33-34,43-44H,21-32H2,1-8H3/t33-,34+. The third kappa shape index (κ3) is 11.0. The zero-order valence-corrected chi connectivity index (χ0v) is 36.3. The first-order valence-corrected chi connectivity index (χ1v) is 22.8. The first kappa shape index (κ1) is 43.8. The van der Waals surface area contributed by atoms with Gasteiger partial charge in [0.1, 0.15) is 0 Å². The number of likely N-dealkylation sites (N-methyl/N-ethyl adjacent to an activating group) is 2. The smallest absolute Gasteiger partial charge is 0.241 e. The molecule has 1 saturated heterocycles. The van der Waals surface area contributed by atoms with E-state index in [-0.39, 0.29) is 12.1 Å². The van der Waals surface area contributed by atoms with E-state index in [9.17, 15) is 16.8 Å². The predicted octanol–water partition coefficient (Wildman–Crippen LogP) is 4.42. The van der Waals surface area contributed by atoms with E-state index in [4.69, 9.17) is 0 Å². The molecule has 0 amide bonds. The summed E-state index contributed by atoms with van der Waals surface area (Å²) in [5.74, 6) is 0. The molecule has 2 atom stereocenters. The first-order chi connectivity index (χ1) is 26.6. The van der Waals surface area contributed by atoms with Gasteiger partial charge in [0, 0.05) is 126 Å². The number of rotatable bonds is 12. The first-order valence-electron chi connectivity index (χ1n) is 19.8. The molecule has 1 aliphatic heterocycles. The van der Waals surface area contributed by atoms with Crippen molar-refractivity contribution in [1.29, 1.82) is 0 Å². The highest BCUT2D eigenvalue weighted by atomic mass is 32.2. The molecule has 0 bridgehead atoms. The minimum Gasteiger partial charge on any atom is -0.377 e. The molecule has 4 aromatic rings. The molecule has 1 heterocycles. The van der Waals surface area contributed by atoms with Gasteiger partial charge in [0.2, 0.25) is 20.0 Å². The van der Waals surface area contributed by atoms with Crippen LogP contribution in [0.3, 0.4) is 0 Å². The molecule has 0 saturated carbocycles. The van der Waals surface area contributed by atoms with Crippen LogP contribution in [0.2, 0.25) is 0 Å². The molecule has 4 aromatic carbocycles. The maximum absolute atomic E-state index is 13.6. The molecule has 2 N–H and O–H groups in total. The van der Waals surface area contributed by atoms with Crippen molar-refractivity contribution in [2.24, 2.45) is 0 Å². The van der Waals surface area contributed by atoms with Crippen molar-refractivity contribution >= 4 is 53.0 Å². The quantitative estimate of drug-likeness (QED) is 0.214. The molecule has 1 fully saturated rings. The highest BCUT2D eigenvalue weighted by Crippen LogP contribution is 2.31. The molecule has 0 spiro atoms. The Labute approximate surface area is 336 Å². The predicted molar refractivity (Wildman–Crippen MR) is 233 cm³/mol. The van der Waals surface area contributed by atoms with Crippen molar-refractivity contribution in [3.63, 3.8) is 0 Å². The van der Waals surface area contributed by atoms with Crippen molar-refractivity contribution < 1.29 is 16.8 Å². The lowest BCUT2D eigenvalue weighted by molar-refractivity contribution is 0.132. The van der Waals surface area contributed by atoms with Gasteiger partial charge in [-0.3, -0.25) is 9.80 Å². The topological polar surface area (TPSA) is 112 Å². The molecule has 0 aliphatic carbocycles.